The van der Waals surface area contributed by atoms with Gasteiger partial charge in [-0.3, -0.25) is 4.79 Å². The molecular weight excluding hydrogens is 401 g/mol. The van der Waals surface area contributed by atoms with Crippen LogP contribution in [0.25, 0.3) is 5.69 Å². The number of aliphatic imine (C=N–C) groups is 1. The number of rotatable bonds is 4. The number of benzene rings is 1. The zero-order valence-corrected chi connectivity index (χ0v) is 17.1. The van der Waals surface area contributed by atoms with Crippen molar-refractivity contribution in [2.45, 2.75) is 18.9 Å². The van der Waals surface area contributed by atoms with Crippen LogP contribution >= 0.6 is 24.0 Å². The Kier molecular flexibility index (Phi) is 6.56. The maximum absolute atomic E-state index is 12.7. The Balaban J connectivity index is 0.00000225. The molecule has 0 bridgehead atoms. The molecule has 0 radical (unpaired) electrons. The van der Waals surface area contributed by atoms with Gasteiger partial charge in [0.05, 0.1) is 11.4 Å². The van der Waals surface area contributed by atoms with E-state index in [9.17, 15) is 4.79 Å². The standard InChI is InChI=1S/C18H22ClN7O.ClH/c1-25-8-6-13(7-9-25)22-15-10-16(27)26(14-4-2-12(19)3-5-14)24-17(15)18-20-11-21-23-18;/h2-5,10,13,21-22H,6-9,11H2,1H3,(H,20,23);1H. The van der Waals surface area contributed by atoms with Crippen LogP contribution in [0.3, 0.4) is 0 Å². The molecule has 2 aromatic rings. The molecule has 0 atom stereocenters. The number of hydrogen-bond donors (Lipinski definition) is 3. The third kappa shape index (κ3) is 4.47. The minimum Gasteiger partial charge on any atom is -0.380 e. The van der Waals surface area contributed by atoms with Crippen molar-refractivity contribution in [3.63, 3.8) is 0 Å². The van der Waals surface area contributed by atoms with Gasteiger partial charge in [0, 0.05) is 17.1 Å². The van der Waals surface area contributed by atoms with Crippen molar-refractivity contribution < 1.29 is 0 Å². The van der Waals surface area contributed by atoms with Crippen LogP contribution < -0.4 is 21.7 Å². The Hall–Kier alpha value is -2.13. The van der Waals surface area contributed by atoms with Gasteiger partial charge in [-0.1, -0.05) is 11.6 Å². The lowest BCUT2D eigenvalue weighted by Gasteiger charge is -2.30. The summed E-state index contributed by atoms with van der Waals surface area (Å²) < 4.78 is 1.37. The molecule has 2 aliphatic rings. The van der Waals surface area contributed by atoms with E-state index in [2.05, 4.69) is 38.2 Å². The smallest absolute Gasteiger partial charge is 0.273 e. The average Bonchev–Trinajstić information content (AvgIpc) is 3.19. The van der Waals surface area contributed by atoms with E-state index in [-0.39, 0.29) is 18.0 Å². The first kappa shape index (κ1) is 20.6. The Bertz CT molecular complexity index is 905. The number of piperidine rings is 1. The van der Waals surface area contributed by atoms with Gasteiger partial charge in [0.2, 0.25) is 0 Å². The van der Waals surface area contributed by atoms with E-state index in [1.165, 1.54) is 4.68 Å². The Labute approximate surface area is 174 Å². The lowest BCUT2D eigenvalue weighted by Crippen LogP contribution is -2.38. The first-order chi connectivity index (χ1) is 13.1. The van der Waals surface area contributed by atoms with Gasteiger partial charge in [0.1, 0.15) is 6.67 Å². The number of nitrogens with one attached hydrogen (secondary N) is 3. The number of nitrogens with zero attached hydrogens (tertiary/aromatic N) is 4. The number of hydrogen-bond acceptors (Lipinski definition) is 7. The van der Waals surface area contributed by atoms with Crippen molar-refractivity contribution in [3.05, 3.63) is 51.4 Å². The molecule has 3 N–H and O–H groups in total. The molecule has 0 spiro atoms. The number of hydrazine groups is 1. The van der Waals surface area contributed by atoms with Crippen molar-refractivity contribution >= 4 is 35.5 Å². The first-order valence-electron chi connectivity index (χ1n) is 8.99. The highest BCUT2D eigenvalue weighted by molar-refractivity contribution is 6.30. The molecule has 0 aliphatic carbocycles. The number of likely N-dealkylation sites (tertiary alicyclic amines) is 1. The maximum atomic E-state index is 12.7. The van der Waals surface area contributed by atoms with Gasteiger partial charge < -0.3 is 15.6 Å². The highest BCUT2D eigenvalue weighted by atomic mass is 35.5. The van der Waals surface area contributed by atoms with Gasteiger partial charge in [-0.05, 0) is 57.2 Å². The predicted octanol–water partition coefficient (Wildman–Crippen LogP) is 1.63. The van der Waals surface area contributed by atoms with E-state index in [4.69, 9.17) is 11.6 Å². The van der Waals surface area contributed by atoms with E-state index >= 15 is 0 Å². The zero-order chi connectivity index (χ0) is 18.8. The van der Waals surface area contributed by atoms with Crippen LogP contribution in [0.1, 0.15) is 18.5 Å². The Morgan fingerprint density at radius 1 is 1.21 bits per heavy atom. The monoisotopic (exact) mass is 423 g/mol. The highest BCUT2D eigenvalue weighted by Crippen LogP contribution is 2.19. The number of aromatic nitrogens is 2. The van der Waals surface area contributed by atoms with Crippen LogP contribution in [-0.4, -0.2) is 53.4 Å². The second-order valence-corrected chi connectivity index (χ2v) is 7.26. The fraction of sp³-hybridized carbons (Fsp3) is 0.389. The van der Waals surface area contributed by atoms with Crippen molar-refractivity contribution in [1.82, 2.24) is 25.5 Å². The second kappa shape index (κ2) is 8.91. The molecule has 28 heavy (non-hydrogen) atoms. The summed E-state index contributed by atoms with van der Waals surface area (Å²) in [4.78, 5) is 19.4. The molecule has 2 aliphatic heterocycles. The largest absolute Gasteiger partial charge is 0.380 e. The number of amidine groups is 1. The van der Waals surface area contributed by atoms with Gasteiger partial charge >= 0.3 is 0 Å². The fourth-order valence-electron chi connectivity index (χ4n) is 3.30. The minimum atomic E-state index is -0.206. The lowest BCUT2D eigenvalue weighted by atomic mass is 10.1. The molecular formula is C18H23Cl2N7O. The normalized spacial score (nSPS) is 17.6. The van der Waals surface area contributed by atoms with E-state index in [1.807, 2.05) is 0 Å². The van der Waals surface area contributed by atoms with Crippen LogP contribution in [0.4, 0.5) is 5.69 Å². The van der Waals surface area contributed by atoms with Gasteiger partial charge in [-0.2, -0.15) is 9.78 Å². The van der Waals surface area contributed by atoms with Gasteiger partial charge in [-0.25, -0.2) is 10.4 Å². The van der Waals surface area contributed by atoms with Crippen molar-refractivity contribution in [3.8, 4) is 5.69 Å². The van der Waals surface area contributed by atoms with E-state index in [0.717, 1.165) is 25.9 Å². The van der Waals surface area contributed by atoms with E-state index in [1.54, 1.807) is 30.3 Å². The molecule has 1 saturated heterocycles. The third-order valence-electron chi connectivity index (χ3n) is 4.83. The summed E-state index contributed by atoms with van der Waals surface area (Å²) in [6, 6.07) is 8.92. The van der Waals surface area contributed by atoms with Crippen LogP contribution in [0, 0.1) is 0 Å². The van der Waals surface area contributed by atoms with Crippen LogP contribution in [0.15, 0.2) is 40.1 Å². The summed E-state index contributed by atoms with van der Waals surface area (Å²) >= 11 is 5.96. The molecule has 0 unspecified atom stereocenters. The summed E-state index contributed by atoms with van der Waals surface area (Å²) in [5.74, 6) is 0.619. The maximum Gasteiger partial charge on any atom is 0.273 e. The molecule has 1 fully saturated rings. The van der Waals surface area contributed by atoms with Gasteiger partial charge in [0.25, 0.3) is 5.56 Å². The quantitative estimate of drug-likeness (QED) is 0.692. The van der Waals surface area contributed by atoms with Crippen molar-refractivity contribution in [2.24, 2.45) is 4.99 Å². The number of halogens is 2. The fourth-order valence-corrected chi connectivity index (χ4v) is 3.42. The lowest BCUT2D eigenvalue weighted by molar-refractivity contribution is 0.264. The molecule has 0 amide bonds. The molecule has 10 heteroatoms. The van der Waals surface area contributed by atoms with Gasteiger partial charge in [0.15, 0.2) is 11.5 Å². The number of anilines is 1. The highest BCUT2D eigenvalue weighted by Gasteiger charge is 2.22. The van der Waals surface area contributed by atoms with Crippen molar-refractivity contribution in [1.29, 1.82) is 0 Å². The van der Waals surface area contributed by atoms with Crippen molar-refractivity contribution in [2.75, 3.05) is 32.1 Å². The first-order valence-corrected chi connectivity index (χ1v) is 9.37. The zero-order valence-electron chi connectivity index (χ0n) is 15.5. The summed E-state index contributed by atoms with van der Waals surface area (Å²) in [5.41, 5.74) is 7.75. The average molecular weight is 424 g/mol. The molecule has 8 nitrogen and oxygen atoms in total. The topological polar surface area (TPSA) is 86.6 Å². The molecule has 0 saturated carbocycles. The Morgan fingerprint density at radius 2 is 1.93 bits per heavy atom. The molecule has 3 heterocycles. The van der Waals surface area contributed by atoms with Gasteiger partial charge in [-0.15, -0.1) is 12.4 Å². The van der Waals surface area contributed by atoms with E-state index in [0.29, 0.717) is 40.6 Å². The molecule has 1 aromatic heterocycles. The van der Waals surface area contributed by atoms with Crippen LogP contribution in [0.2, 0.25) is 5.02 Å². The summed E-state index contributed by atoms with van der Waals surface area (Å²) in [7, 11) is 2.12. The van der Waals surface area contributed by atoms with Crippen LogP contribution in [0.5, 0.6) is 0 Å². The second-order valence-electron chi connectivity index (χ2n) is 6.82. The molecule has 150 valence electrons. The Morgan fingerprint density at radius 3 is 2.57 bits per heavy atom. The predicted molar refractivity (Wildman–Crippen MR) is 114 cm³/mol. The SMILES string of the molecule is CN1CCC(Nc2cc(=O)n(-c3ccc(Cl)cc3)nc2C2=NCNN2)CC1.Cl. The van der Waals surface area contributed by atoms with E-state index < -0.39 is 0 Å². The molecule has 4 rings (SSSR count). The summed E-state index contributed by atoms with van der Waals surface area (Å²) in [6.07, 6.45) is 2.04. The molecule has 1 aromatic carbocycles. The third-order valence-corrected chi connectivity index (χ3v) is 5.08. The van der Waals surface area contributed by atoms with Crippen LogP contribution in [-0.2, 0) is 0 Å². The summed E-state index contributed by atoms with van der Waals surface area (Å²) in [6.45, 7) is 2.52. The summed E-state index contributed by atoms with van der Waals surface area (Å²) in [5, 5.41) is 8.70. The minimum absolute atomic E-state index is 0.